The number of H-pyrrole nitrogens is 1. The van der Waals surface area contributed by atoms with E-state index in [1.165, 1.54) is 10.5 Å². The number of imidazole rings is 1. The Kier molecular flexibility index (Phi) is 4.07. The highest BCUT2D eigenvalue weighted by Crippen LogP contribution is 2.17. The van der Waals surface area contributed by atoms with E-state index in [0.717, 1.165) is 10.0 Å². The first kappa shape index (κ1) is 14.2. The van der Waals surface area contributed by atoms with E-state index in [-0.39, 0.29) is 5.03 Å². The first-order chi connectivity index (χ1) is 8.89. The van der Waals surface area contributed by atoms with Gasteiger partial charge in [0.15, 0.2) is 5.03 Å². The number of sulfonamides is 1. The summed E-state index contributed by atoms with van der Waals surface area (Å²) in [6.07, 6.45) is 1.34. The zero-order valence-corrected chi connectivity index (χ0v) is 13.0. The number of halogens is 1. The van der Waals surface area contributed by atoms with Gasteiger partial charge in [0.05, 0.1) is 6.20 Å². The number of hydrogen-bond donors (Lipinski definition) is 1. The Balaban J connectivity index is 2.22. The Hall–Kier alpha value is -1.18. The van der Waals surface area contributed by atoms with Crippen LogP contribution in [0.15, 0.2) is 40.0 Å². The molecule has 0 spiro atoms. The fourth-order valence-electron chi connectivity index (χ4n) is 1.67. The van der Waals surface area contributed by atoms with Crippen molar-refractivity contribution in [3.63, 3.8) is 0 Å². The van der Waals surface area contributed by atoms with Gasteiger partial charge in [0.2, 0.25) is 0 Å². The molecule has 0 fully saturated rings. The Morgan fingerprint density at radius 1 is 1.42 bits per heavy atom. The molecule has 0 atom stereocenters. The van der Waals surface area contributed by atoms with Crippen LogP contribution in [0.1, 0.15) is 11.4 Å². The van der Waals surface area contributed by atoms with E-state index >= 15 is 0 Å². The molecule has 5 nitrogen and oxygen atoms in total. The number of rotatable bonds is 4. The maximum absolute atomic E-state index is 12.3. The van der Waals surface area contributed by atoms with E-state index in [1.807, 2.05) is 24.3 Å². The van der Waals surface area contributed by atoms with Gasteiger partial charge in [-0.15, -0.1) is 0 Å². The minimum Gasteiger partial charge on any atom is -0.332 e. The molecular weight excluding hydrogens is 330 g/mol. The maximum atomic E-state index is 12.3. The summed E-state index contributed by atoms with van der Waals surface area (Å²) < 4.78 is 26.8. The Morgan fingerprint density at radius 2 is 2.16 bits per heavy atom. The quantitative estimate of drug-likeness (QED) is 0.926. The standard InChI is InChI=1S/C12H14BrN3O2S/c1-9-14-7-12(15-9)19(17,18)16(2)8-10-4-3-5-11(13)6-10/h3-7H,8H2,1-2H3,(H,14,15). The van der Waals surface area contributed by atoms with Crippen LogP contribution in [0.2, 0.25) is 0 Å². The largest absolute Gasteiger partial charge is 0.332 e. The fourth-order valence-corrected chi connectivity index (χ4v) is 3.24. The topological polar surface area (TPSA) is 66.1 Å². The van der Waals surface area contributed by atoms with E-state index in [9.17, 15) is 8.42 Å². The predicted octanol–water partition coefficient (Wildman–Crippen LogP) is 2.30. The van der Waals surface area contributed by atoms with Gasteiger partial charge in [-0.1, -0.05) is 28.1 Å². The molecule has 0 unspecified atom stereocenters. The van der Waals surface area contributed by atoms with Crippen molar-refractivity contribution in [2.45, 2.75) is 18.5 Å². The van der Waals surface area contributed by atoms with Crippen LogP contribution in [-0.4, -0.2) is 29.7 Å². The molecule has 0 aliphatic heterocycles. The Bertz CT molecular complexity index is 682. The normalized spacial score (nSPS) is 12.0. The number of nitrogens with zero attached hydrogens (tertiary/aromatic N) is 2. The molecule has 1 N–H and O–H groups in total. The van der Waals surface area contributed by atoms with Crippen LogP contribution in [0.25, 0.3) is 0 Å². The average Bonchev–Trinajstić information content (AvgIpc) is 2.76. The summed E-state index contributed by atoms with van der Waals surface area (Å²) in [4.78, 5) is 6.66. The van der Waals surface area contributed by atoms with Gasteiger partial charge >= 0.3 is 0 Å². The van der Waals surface area contributed by atoms with Crippen molar-refractivity contribution in [1.29, 1.82) is 0 Å². The third-order valence-electron chi connectivity index (χ3n) is 2.66. The smallest absolute Gasteiger partial charge is 0.260 e. The fraction of sp³-hybridized carbons (Fsp3) is 0.250. The first-order valence-electron chi connectivity index (χ1n) is 5.62. The molecule has 0 saturated heterocycles. The summed E-state index contributed by atoms with van der Waals surface area (Å²) in [7, 11) is -1.98. The molecule has 0 aliphatic rings. The molecule has 19 heavy (non-hydrogen) atoms. The lowest BCUT2D eigenvalue weighted by atomic mass is 10.2. The van der Waals surface area contributed by atoms with Crippen LogP contribution >= 0.6 is 15.9 Å². The van der Waals surface area contributed by atoms with Gasteiger partial charge in [0.1, 0.15) is 5.82 Å². The SMILES string of the molecule is Cc1ncc(S(=O)(=O)N(C)Cc2cccc(Br)c2)[nH]1. The van der Waals surface area contributed by atoms with Crippen molar-refractivity contribution in [3.05, 3.63) is 46.3 Å². The van der Waals surface area contributed by atoms with Crippen molar-refractivity contribution in [2.75, 3.05) is 7.05 Å². The third kappa shape index (κ3) is 3.23. The van der Waals surface area contributed by atoms with Gasteiger partial charge in [0, 0.05) is 18.1 Å². The molecule has 2 rings (SSSR count). The summed E-state index contributed by atoms with van der Waals surface area (Å²) >= 11 is 3.37. The summed E-state index contributed by atoms with van der Waals surface area (Å²) in [6, 6.07) is 7.55. The van der Waals surface area contributed by atoms with Crippen molar-refractivity contribution in [2.24, 2.45) is 0 Å². The van der Waals surface area contributed by atoms with Crippen LogP contribution in [0.5, 0.6) is 0 Å². The Labute approximate surface area is 120 Å². The van der Waals surface area contributed by atoms with Gasteiger partial charge in [-0.3, -0.25) is 0 Å². The molecule has 7 heteroatoms. The third-order valence-corrected chi connectivity index (χ3v) is 4.87. The predicted molar refractivity (Wildman–Crippen MR) is 76.1 cm³/mol. The lowest BCUT2D eigenvalue weighted by molar-refractivity contribution is 0.464. The summed E-state index contributed by atoms with van der Waals surface area (Å²) in [5.41, 5.74) is 0.914. The van der Waals surface area contributed by atoms with E-state index in [0.29, 0.717) is 12.4 Å². The zero-order chi connectivity index (χ0) is 14.0. The lowest BCUT2D eigenvalue weighted by Crippen LogP contribution is -2.26. The van der Waals surface area contributed by atoms with Crippen molar-refractivity contribution < 1.29 is 8.42 Å². The molecule has 1 aromatic heterocycles. The van der Waals surface area contributed by atoms with Crippen molar-refractivity contribution >= 4 is 26.0 Å². The summed E-state index contributed by atoms with van der Waals surface area (Å²) in [5.74, 6) is 0.578. The minimum absolute atomic E-state index is 0.113. The van der Waals surface area contributed by atoms with Crippen LogP contribution in [0.4, 0.5) is 0 Å². The van der Waals surface area contributed by atoms with Crippen LogP contribution in [0, 0.1) is 6.92 Å². The number of benzene rings is 1. The van der Waals surface area contributed by atoms with Crippen molar-refractivity contribution in [1.82, 2.24) is 14.3 Å². The molecule has 1 heterocycles. The highest BCUT2D eigenvalue weighted by Gasteiger charge is 2.22. The molecule has 1 aromatic carbocycles. The number of aromatic amines is 1. The molecule has 0 amide bonds. The molecule has 102 valence electrons. The number of aromatic nitrogens is 2. The van der Waals surface area contributed by atoms with Gasteiger partial charge in [-0.25, -0.2) is 13.4 Å². The average molecular weight is 344 g/mol. The lowest BCUT2D eigenvalue weighted by Gasteiger charge is -2.16. The van der Waals surface area contributed by atoms with Gasteiger partial charge < -0.3 is 4.98 Å². The van der Waals surface area contributed by atoms with Crippen LogP contribution in [0.3, 0.4) is 0 Å². The number of hydrogen-bond acceptors (Lipinski definition) is 3. The molecule has 0 bridgehead atoms. The van der Waals surface area contributed by atoms with Gasteiger partial charge in [0.25, 0.3) is 10.0 Å². The van der Waals surface area contributed by atoms with Crippen LogP contribution in [-0.2, 0) is 16.6 Å². The highest BCUT2D eigenvalue weighted by molar-refractivity contribution is 9.10. The second-order valence-corrected chi connectivity index (χ2v) is 7.15. The van der Waals surface area contributed by atoms with Gasteiger partial charge in [-0.2, -0.15) is 4.31 Å². The van der Waals surface area contributed by atoms with Crippen LogP contribution < -0.4 is 0 Å². The van der Waals surface area contributed by atoms with E-state index in [1.54, 1.807) is 14.0 Å². The molecular formula is C12H14BrN3O2S. The summed E-state index contributed by atoms with van der Waals surface area (Å²) in [6.45, 7) is 2.02. The van der Waals surface area contributed by atoms with E-state index in [2.05, 4.69) is 25.9 Å². The number of aryl methyl sites for hydroxylation is 1. The molecule has 0 aliphatic carbocycles. The number of nitrogens with one attached hydrogen (secondary N) is 1. The first-order valence-corrected chi connectivity index (χ1v) is 7.85. The van der Waals surface area contributed by atoms with E-state index in [4.69, 9.17) is 0 Å². The minimum atomic E-state index is -3.53. The monoisotopic (exact) mass is 343 g/mol. The second-order valence-electron chi connectivity index (χ2n) is 4.22. The van der Waals surface area contributed by atoms with Gasteiger partial charge in [-0.05, 0) is 24.6 Å². The highest BCUT2D eigenvalue weighted by atomic mass is 79.9. The van der Waals surface area contributed by atoms with Crippen molar-refractivity contribution in [3.8, 4) is 0 Å². The van der Waals surface area contributed by atoms with E-state index < -0.39 is 10.0 Å². The second kappa shape index (κ2) is 5.44. The molecule has 0 saturated carbocycles. The molecule has 2 aromatic rings. The maximum Gasteiger partial charge on any atom is 0.260 e. The zero-order valence-electron chi connectivity index (χ0n) is 10.6. The summed E-state index contributed by atoms with van der Waals surface area (Å²) in [5, 5.41) is 0.113. The molecule has 0 radical (unpaired) electrons. The Morgan fingerprint density at radius 3 is 2.74 bits per heavy atom.